The lowest BCUT2D eigenvalue weighted by molar-refractivity contribution is -0.122. The standard InChI is InChI=1S/C25H22FN3O3/c1-4-17-9-11-19(12-10-17)28-15(2)13-18(16(28)3)14-20-23(30)27-25(32)29(24(20)31)22-8-6-5-7-21(22)26/h5-14H,4H2,1-3H3,(H,27,30,32)/b20-14+. The van der Waals surface area contributed by atoms with Gasteiger partial charge in [0.15, 0.2) is 0 Å². The molecule has 4 rings (SSSR count). The molecule has 1 N–H and O–H groups in total. The fourth-order valence-corrected chi connectivity index (χ4v) is 3.88. The molecule has 32 heavy (non-hydrogen) atoms. The molecule has 0 unspecified atom stereocenters. The molecule has 1 aliphatic heterocycles. The highest BCUT2D eigenvalue weighted by molar-refractivity contribution is 6.39. The third kappa shape index (κ3) is 3.62. The number of anilines is 1. The van der Waals surface area contributed by atoms with Crippen LogP contribution in [0.5, 0.6) is 0 Å². The normalized spacial score (nSPS) is 15.4. The van der Waals surface area contributed by atoms with Gasteiger partial charge in [-0.3, -0.25) is 14.9 Å². The van der Waals surface area contributed by atoms with E-state index in [0.29, 0.717) is 10.5 Å². The van der Waals surface area contributed by atoms with Crippen molar-refractivity contribution in [3.63, 3.8) is 0 Å². The molecule has 1 aliphatic rings. The van der Waals surface area contributed by atoms with Crippen LogP contribution in [0, 0.1) is 19.7 Å². The van der Waals surface area contributed by atoms with Crippen LogP contribution in [0.15, 0.2) is 60.2 Å². The van der Waals surface area contributed by atoms with Crippen LogP contribution in [-0.4, -0.2) is 22.4 Å². The van der Waals surface area contributed by atoms with E-state index < -0.39 is 23.7 Å². The van der Waals surface area contributed by atoms with E-state index >= 15 is 0 Å². The average Bonchev–Trinajstić information content (AvgIpc) is 3.05. The first-order valence-corrected chi connectivity index (χ1v) is 10.3. The highest BCUT2D eigenvalue weighted by atomic mass is 19.1. The van der Waals surface area contributed by atoms with E-state index in [2.05, 4.69) is 24.4 Å². The van der Waals surface area contributed by atoms with Gasteiger partial charge in [0.2, 0.25) is 0 Å². The number of nitrogens with zero attached hydrogens (tertiary/aromatic N) is 2. The lowest BCUT2D eigenvalue weighted by Gasteiger charge is -2.26. The summed E-state index contributed by atoms with van der Waals surface area (Å²) in [5, 5.41) is 2.13. The second kappa shape index (κ2) is 8.26. The molecule has 0 atom stereocenters. The van der Waals surface area contributed by atoms with Crippen molar-refractivity contribution in [1.29, 1.82) is 0 Å². The van der Waals surface area contributed by atoms with Gasteiger partial charge in [0, 0.05) is 17.1 Å². The molecule has 6 nitrogen and oxygen atoms in total. The first-order chi connectivity index (χ1) is 15.3. The number of imide groups is 2. The van der Waals surface area contributed by atoms with Gasteiger partial charge in [-0.1, -0.05) is 31.2 Å². The van der Waals surface area contributed by atoms with Gasteiger partial charge in [0.1, 0.15) is 11.4 Å². The molecule has 0 aliphatic carbocycles. The first-order valence-electron chi connectivity index (χ1n) is 10.3. The monoisotopic (exact) mass is 431 g/mol. The van der Waals surface area contributed by atoms with Gasteiger partial charge in [0.25, 0.3) is 11.8 Å². The van der Waals surface area contributed by atoms with Gasteiger partial charge in [-0.15, -0.1) is 0 Å². The minimum absolute atomic E-state index is 0.213. The van der Waals surface area contributed by atoms with Crippen LogP contribution in [0.25, 0.3) is 11.8 Å². The van der Waals surface area contributed by atoms with Gasteiger partial charge >= 0.3 is 6.03 Å². The summed E-state index contributed by atoms with van der Waals surface area (Å²) < 4.78 is 16.3. The summed E-state index contributed by atoms with van der Waals surface area (Å²) in [4.78, 5) is 38.5. The number of carbonyl (C=O) groups is 3. The maximum absolute atomic E-state index is 14.3. The number of para-hydroxylation sites is 1. The molecule has 0 radical (unpaired) electrons. The Balaban J connectivity index is 1.76. The number of aromatic nitrogens is 1. The van der Waals surface area contributed by atoms with Crippen LogP contribution >= 0.6 is 0 Å². The number of nitrogens with one attached hydrogen (secondary N) is 1. The summed E-state index contributed by atoms with van der Waals surface area (Å²) in [6.45, 7) is 5.91. The molecule has 1 saturated heterocycles. The zero-order valence-electron chi connectivity index (χ0n) is 18.0. The number of rotatable bonds is 4. The number of barbiturate groups is 1. The number of aryl methyl sites for hydroxylation is 2. The fraction of sp³-hybridized carbons (Fsp3) is 0.160. The predicted molar refractivity (Wildman–Crippen MR) is 120 cm³/mol. The van der Waals surface area contributed by atoms with Crippen LogP contribution in [0.3, 0.4) is 0 Å². The lowest BCUT2D eigenvalue weighted by atomic mass is 10.1. The summed E-state index contributed by atoms with van der Waals surface area (Å²) in [6.07, 6.45) is 2.38. The van der Waals surface area contributed by atoms with Crippen molar-refractivity contribution in [2.75, 3.05) is 4.90 Å². The Morgan fingerprint density at radius 2 is 1.69 bits per heavy atom. The highest BCUT2D eigenvalue weighted by Gasteiger charge is 2.38. The van der Waals surface area contributed by atoms with E-state index in [0.717, 1.165) is 29.6 Å². The van der Waals surface area contributed by atoms with Gasteiger partial charge < -0.3 is 4.57 Å². The topological polar surface area (TPSA) is 71.4 Å². The Hall–Kier alpha value is -4.00. The van der Waals surface area contributed by atoms with Gasteiger partial charge in [-0.25, -0.2) is 14.1 Å². The Labute approximate surface area is 185 Å². The second-order valence-electron chi connectivity index (χ2n) is 7.59. The Bertz CT molecular complexity index is 1270. The van der Waals surface area contributed by atoms with Crippen molar-refractivity contribution in [3.8, 4) is 5.69 Å². The molecule has 0 bridgehead atoms. The number of urea groups is 1. The molecule has 4 amide bonds. The minimum atomic E-state index is -0.983. The van der Waals surface area contributed by atoms with Gasteiger partial charge in [0.05, 0.1) is 5.69 Å². The van der Waals surface area contributed by atoms with Crippen LogP contribution < -0.4 is 10.2 Å². The maximum Gasteiger partial charge on any atom is 0.336 e. The number of benzene rings is 2. The Morgan fingerprint density at radius 1 is 1.00 bits per heavy atom. The molecule has 1 fully saturated rings. The van der Waals surface area contributed by atoms with Crippen molar-refractivity contribution in [1.82, 2.24) is 9.88 Å². The van der Waals surface area contributed by atoms with E-state index in [1.807, 2.05) is 36.6 Å². The fourth-order valence-electron chi connectivity index (χ4n) is 3.88. The first kappa shape index (κ1) is 21.2. The predicted octanol–water partition coefficient (Wildman–Crippen LogP) is 4.46. The van der Waals surface area contributed by atoms with Crippen molar-refractivity contribution < 1.29 is 18.8 Å². The zero-order valence-corrected chi connectivity index (χ0v) is 18.0. The van der Waals surface area contributed by atoms with Crippen molar-refractivity contribution in [2.45, 2.75) is 27.2 Å². The van der Waals surface area contributed by atoms with Crippen molar-refractivity contribution in [2.24, 2.45) is 0 Å². The number of carbonyl (C=O) groups excluding carboxylic acids is 3. The quantitative estimate of drug-likeness (QED) is 0.490. The highest BCUT2D eigenvalue weighted by Crippen LogP contribution is 2.27. The molecule has 2 aromatic carbocycles. The van der Waals surface area contributed by atoms with Gasteiger partial charge in [-0.2, -0.15) is 0 Å². The largest absolute Gasteiger partial charge is 0.336 e. The molecular formula is C25H22FN3O3. The van der Waals surface area contributed by atoms with Crippen LogP contribution in [0.2, 0.25) is 0 Å². The maximum atomic E-state index is 14.3. The van der Waals surface area contributed by atoms with E-state index in [9.17, 15) is 18.8 Å². The summed E-state index contributed by atoms with van der Waals surface area (Å²) in [5.41, 5.74) is 4.14. The summed E-state index contributed by atoms with van der Waals surface area (Å²) >= 11 is 0. The number of amides is 4. The molecule has 162 valence electrons. The van der Waals surface area contributed by atoms with Gasteiger partial charge in [-0.05, 0) is 67.8 Å². The summed E-state index contributed by atoms with van der Waals surface area (Å²) in [5.74, 6) is -2.43. The minimum Gasteiger partial charge on any atom is -0.318 e. The van der Waals surface area contributed by atoms with E-state index in [4.69, 9.17) is 0 Å². The Morgan fingerprint density at radius 3 is 2.34 bits per heavy atom. The van der Waals surface area contributed by atoms with Crippen LogP contribution in [0.4, 0.5) is 14.9 Å². The third-order valence-electron chi connectivity index (χ3n) is 5.57. The molecule has 7 heteroatoms. The number of hydrogen-bond donors (Lipinski definition) is 1. The number of halogens is 1. The smallest absolute Gasteiger partial charge is 0.318 e. The van der Waals surface area contributed by atoms with Crippen molar-refractivity contribution >= 4 is 29.6 Å². The molecule has 0 saturated carbocycles. The zero-order chi connectivity index (χ0) is 23.0. The van der Waals surface area contributed by atoms with Crippen LogP contribution in [-0.2, 0) is 16.0 Å². The Kier molecular flexibility index (Phi) is 5.48. The number of hydrogen-bond acceptors (Lipinski definition) is 3. The summed E-state index contributed by atoms with van der Waals surface area (Å²) in [6, 6.07) is 14.5. The molecule has 2 heterocycles. The molecule has 1 aromatic heterocycles. The van der Waals surface area contributed by atoms with E-state index in [1.54, 1.807) is 0 Å². The second-order valence-corrected chi connectivity index (χ2v) is 7.59. The summed E-state index contributed by atoms with van der Waals surface area (Å²) in [7, 11) is 0. The molecular weight excluding hydrogens is 409 g/mol. The average molecular weight is 431 g/mol. The van der Waals surface area contributed by atoms with E-state index in [1.165, 1.54) is 29.8 Å². The van der Waals surface area contributed by atoms with Crippen molar-refractivity contribution in [3.05, 3.63) is 88.5 Å². The third-order valence-corrected chi connectivity index (χ3v) is 5.57. The van der Waals surface area contributed by atoms with E-state index in [-0.39, 0.29) is 11.3 Å². The molecule has 3 aromatic rings. The molecule has 0 spiro atoms. The van der Waals surface area contributed by atoms with Crippen LogP contribution in [0.1, 0.15) is 29.4 Å². The lowest BCUT2D eigenvalue weighted by Crippen LogP contribution is -2.54. The SMILES string of the molecule is CCc1ccc(-n2c(C)cc(/C=C3\C(=O)NC(=O)N(c4ccccc4F)C3=O)c2C)cc1.